The van der Waals surface area contributed by atoms with E-state index in [1.54, 1.807) is 49.6 Å². The zero-order valence-electron chi connectivity index (χ0n) is 59.3. The summed E-state index contributed by atoms with van der Waals surface area (Å²) in [6.45, 7) is 11.3. The second-order valence-corrected chi connectivity index (χ2v) is 23.1. The summed E-state index contributed by atoms with van der Waals surface area (Å²) in [5.41, 5.74) is 21.1. The molecule has 20 rings (SSSR count). The number of pyridine rings is 8. The number of aromatic nitrogens is 16. The van der Waals surface area contributed by atoms with Crippen molar-refractivity contribution in [2.24, 2.45) is 0 Å². The third-order valence-corrected chi connectivity index (χ3v) is 16.5. The van der Waals surface area contributed by atoms with Crippen LogP contribution in [-0.2, 0) is 9.47 Å². The fourth-order valence-corrected chi connectivity index (χ4v) is 12.2. The molecule has 0 radical (unpaired) electrons. The van der Waals surface area contributed by atoms with Gasteiger partial charge in [-0.2, -0.15) is 0 Å². The minimum atomic E-state index is -1.75. The molecule has 0 bridgehead atoms. The van der Waals surface area contributed by atoms with Gasteiger partial charge in [-0.05, 0) is 173 Å². The molecule has 0 N–H and O–H groups in total. The third kappa shape index (κ3) is 18.1. The maximum Gasteiger partial charge on any atom is 3.00 e. The summed E-state index contributed by atoms with van der Waals surface area (Å²) in [6.07, 6.45) is 14.3. The van der Waals surface area contributed by atoms with Crippen LogP contribution in [0.25, 0.3) is 175 Å². The minimum Gasteiger partial charge on any atom is -0.382 e. The van der Waals surface area contributed by atoms with Crippen molar-refractivity contribution >= 4 is 175 Å². The monoisotopic (exact) mass is 1620 g/mol. The molecule has 111 heavy (non-hydrogen) atoms. The number of hydrogen-bond acceptors (Lipinski definition) is 27. The van der Waals surface area contributed by atoms with Crippen molar-refractivity contribution in [2.45, 2.75) is 27.7 Å². The van der Waals surface area contributed by atoms with Crippen molar-refractivity contribution in [1.29, 1.82) is 0 Å². The Morgan fingerprint density at radius 1 is 0.216 bits per heavy atom. The van der Waals surface area contributed by atoms with E-state index >= 15 is 0 Å². The van der Waals surface area contributed by atoms with Crippen molar-refractivity contribution in [3.8, 4) is 0 Å². The first-order chi connectivity index (χ1) is 53.7. The molecule has 0 atom stereocenters. The van der Waals surface area contributed by atoms with Gasteiger partial charge in [0.25, 0.3) is 0 Å². The molecule has 0 aliphatic carbocycles. The number of ether oxygens (including phenoxy) is 2. The fraction of sp³-hybridized carbons (Fsp3) is 0.100. The standard InChI is InChI=1S/4C18H10N4.2C4H10O.Eu.3NO3/c4*1-2-8-14-13(7-1)21-17-11-5-3-9-19-15(11)16-12(18(17)22-14)6-4-10-20-16;2*1-3-5-4-2;;3*2-1(3)4/h4*1-10H;2*3-4H2,1-2H3;;;;/q;;;;;;+3;3*-1. The van der Waals surface area contributed by atoms with E-state index in [0.29, 0.717) is 0 Å². The fourth-order valence-electron chi connectivity index (χ4n) is 12.2. The Bertz CT molecular complexity index is 5600. The SMILES string of the molecule is CCOCC.CCOCC.O=[N+]([O-])[O-].O=[N+]([O-])[O-].O=[N+]([O-])[O-].[Eu+3].c1ccc2nc3c4cccnc4c4ncccc4c3nc2c1.c1ccc2nc3c4cccnc4c4ncccc4c3nc2c1.c1ccc2nc3c4cccnc4c4ncccc4c3nc2c1.c1ccc2nc3c4cccnc4c4ncccc4c3nc2c1. The van der Waals surface area contributed by atoms with Crippen LogP contribution in [0.2, 0.25) is 0 Å². The molecular formula is C80H60EuN19O11. The zero-order valence-corrected chi connectivity index (χ0v) is 61.7. The summed E-state index contributed by atoms with van der Waals surface area (Å²) in [7, 11) is 0. The van der Waals surface area contributed by atoms with E-state index in [0.717, 1.165) is 202 Å². The second kappa shape index (κ2) is 37.4. The summed E-state index contributed by atoms with van der Waals surface area (Å²) >= 11 is 0. The molecule has 0 fully saturated rings. The van der Waals surface area contributed by atoms with E-state index in [1.165, 1.54) is 0 Å². The molecule has 8 aromatic carbocycles. The Hall–Kier alpha value is -13.5. The van der Waals surface area contributed by atoms with Gasteiger partial charge in [0.05, 0.1) is 148 Å². The normalized spacial score (nSPS) is 10.6. The van der Waals surface area contributed by atoms with Gasteiger partial charge in [-0.15, -0.1) is 0 Å². The van der Waals surface area contributed by atoms with Gasteiger partial charge in [0.1, 0.15) is 0 Å². The number of hydrogen-bond donors (Lipinski definition) is 0. The molecule has 0 amide bonds. The second-order valence-electron chi connectivity index (χ2n) is 23.1. The Labute approximate surface area is 667 Å². The largest absolute Gasteiger partial charge is 3.00 e. The minimum absolute atomic E-state index is 0. The number of para-hydroxylation sites is 8. The zero-order chi connectivity index (χ0) is 77.0. The maximum absolute atomic E-state index is 8.25. The molecule has 0 saturated carbocycles. The third-order valence-electron chi connectivity index (χ3n) is 16.5. The first-order valence-corrected chi connectivity index (χ1v) is 34.0. The van der Waals surface area contributed by atoms with Gasteiger partial charge in [-0.3, -0.25) is 39.9 Å². The molecule has 0 unspecified atom stereocenters. The van der Waals surface area contributed by atoms with Crippen LogP contribution in [0.5, 0.6) is 0 Å². The van der Waals surface area contributed by atoms with Crippen LogP contribution >= 0.6 is 0 Å². The molecule has 0 spiro atoms. The Morgan fingerprint density at radius 2 is 0.333 bits per heavy atom. The Balaban J connectivity index is 0.000000134. The van der Waals surface area contributed by atoms with Crippen molar-refractivity contribution in [3.63, 3.8) is 0 Å². The van der Waals surface area contributed by atoms with Crippen LogP contribution in [0.3, 0.4) is 0 Å². The Morgan fingerprint density at radius 3 is 0.432 bits per heavy atom. The van der Waals surface area contributed by atoms with Gasteiger partial charge in [0.2, 0.25) is 0 Å². The summed E-state index contributed by atoms with van der Waals surface area (Å²) in [6, 6.07) is 63.3. The van der Waals surface area contributed by atoms with Crippen LogP contribution in [0.15, 0.2) is 244 Å². The van der Waals surface area contributed by atoms with E-state index in [-0.39, 0.29) is 49.4 Å². The van der Waals surface area contributed by atoms with Gasteiger partial charge in [0, 0.05) is 119 Å². The number of nitrogens with zero attached hydrogens (tertiary/aromatic N) is 19. The number of benzene rings is 8. The molecule has 12 heterocycles. The number of fused-ring (bicyclic) bond motifs is 28. The summed E-state index contributed by atoms with van der Waals surface area (Å²) in [5.74, 6) is 0. The van der Waals surface area contributed by atoms with Crippen LogP contribution in [0, 0.1) is 95.3 Å². The van der Waals surface area contributed by atoms with Crippen molar-refractivity contribution in [1.82, 2.24) is 79.7 Å². The van der Waals surface area contributed by atoms with Crippen molar-refractivity contribution < 1.29 is 74.1 Å². The summed E-state index contributed by atoms with van der Waals surface area (Å²) in [4.78, 5) is 99.4. The molecule has 31 heteroatoms. The average molecular weight is 1620 g/mol. The summed E-state index contributed by atoms with van der Waals surface area (Å²) < 4.78 is 9.67. The predicted octanol–water partition coefficient (Wildman–Crippen LogP) is 16.9. The van der Waals surface area contributed by atoms with Crippen LogP contribution in [0.4, 0.5) is 0 Å². The molecule has 20 aromatic rings. The van der Waals surface area contributed by atoms with Crippen LogP contribution < -0.4 is 0 Å². The smallest absolute Gasteiger partial charge is 0.382 e. The summed E-state index contributed by atoms with van der Waals surface area (Å²) in [5, 5.41) is 52.2. The molecule has 12 aromatic heterocycles. The Kier molecular flexibility index (Phi) is 26.5. The van der Waals surface area contributed by atoms with Crippen LogP contribution in [-0.4, -0.2) is 121 Å². The van der Waals surface area contributed by atoms with E-state index in [9.17, 15) is 0 Å². The molecule has 0 aliphatic heterocycles. The first-order valence-electron chi connectivity index (χ1n) is 34.0. The molecule has 0 aliphatic rings. The molecule has 30 nitrogen and oxygen atoms in total. The van der Waals surface area contributed by atoms with Gasteiger partial charge < -0.3 is 55.4 Å². The van der Waals surface area contributed by atoms with Gasteiger partial charge in [0.15, 0.2) is 0 Å². The van der Waals surface area contributed by atoms with E-state index in [4.69, 9.17) is 95.3 Å². The van der Waals surface area contributed by atoms with Gasteiger partial charge in [-0.1, -0.05) is 48.5 Å². The van der Waals surface area contributed by atoms with Crippen LogP contribution in [0.1, 0.15) is 27.7 Å². The van der Waals surface area contributed by atoms with E-state index in [1.807, 2.05) is 222 Å². The van der Waals surface area contributed by atoms with Gasteiger partial charge >= 0.3 is 49.4 Å². The maximum atomic E-state index is 8.25. The molecule has 548 valence electrons. The van der Waals surface area contributed by atoms with Crippen molar-refractivity contribution in [2.75, 3.05) is 26.4 Å². The topological polar surface area (TPSA) is 423 Å². The first kappa shape index (κ1) is 78.6. The molecule has 0 saturated heterocycles. The number of rotatable bonds is 4. The predicted molar refractivity (Wildman–Crippen MR) is 426 cm³/mol. The average Bonchev–Trinajstić information content (AvgIpc) is 0.760. The van der Waals surface area contributed by atoms with E-state index < -0.39 is 15.3 Å². The van der Waals surface area contributed by atoms with Crippen molar-refractivity contribution in [3.05, 3.63) is 290 Å². The van der Waals surface area contributed by atoms with E-state index in [2.05, 4.69) is 39.9 Å². The molecular weight excluding hydrogens is 1550 g/mol. The quantitative estimate of drug-likeness (QED) is 0.0683. The van der Waals surface area contributed by atoms with Gasteiger partial charge in [-0.25, -0.2) is 39.9 Å².